The molecule has 1 aromatic heterocycles. The molecular formula is C14H22N3O2S+. The van der Waals surface area contributed by atoms with Gasteiger partial charge in [-0.3, -0.25) is 9.59 Å². The Morgan fingerprint density at radius 2 is 2.20 bits per heavy atom. The molecule has 0 aliphatic heterocycles. The van der Waals surface area contributed by atoms with Crippen LogP contribution in [-0.4, -0.2) is 24.9 Å². The highest BCUT2D eigenvalue weighted by atomic mass is 32.1. The van der Waals surface area contributed by atoms with Gasteiger partial charge in [0.1, 0.15) is 5.00 Å². The Kier molecular flexibility index (Phi) is 5.14. The Morgan fingerprint density at radius 3 is 2.90 bits per heavy atom. The summed E-state index contributed by atoms with van der Waals surface area (Å²) in [6.45, 7) is 3.47. The third kappa shape index (κ3) is 3.37. The van der Waals surface area contributed by atoms with Gasteiger partial charge in [0.05, 0.1) is 12.1 Å². The van der Waals surface area contributed by atoms with Crippen molar-refractivity contribution in [3.05, 3.63) is 16.0 Å². The molecule has 0 fully saturated rings. The van der Waals surface area contributed by atoms with E-state index in [0.29, 0.717) is 17.1 Å². The number of unbranched alkanes of at least 4 members (excludes halogenated alkanes) is 1. The summed E-state index contributed by atoms with van der Waals surface area (Å²) in [5.41, 5.74) is 7.04. The van der Waals surface area contributed by atoms with Crippen LogP contribution in [0.1, 0.15) is 47.0 Å². The zero-order valence-electron chi connectivity index (χ0n) is 11.8. The number of thiophene rings is 1. The van der Waals surface area contributed by atoms with E-state index in [4.69, 9.17) is 5.73 Å². The summed E-state index contributed by atoms with van der Waals surface area (Å²) < 4.78 is 0. The first kappa shape index (κ1) is 15.0. The molecule has 0 aromatic carbocycles. The van der Waals surface area contributed by atoms with Crippen molar-refractivity contribution in [2.24, 2.45) is 5.73 Å². The van der Waals surface area contributed by atoms with Crippen LogP contribution in [0.5, 0.6) is 0 Å². The molecule has 0 radical (unpaired) electrons. The number of quaternary nitrogens is 1. The van der Waals surface area contributed by atoms with Crippen LogP contribution in [0.25, 0.3) is 0 Å². The zero-order valence-corrected chi connectivity index (χ0v) is 12.6. The summed E-state index contributed by atoms with van der Waals surface area (Å²) >= 11 is 1.50. The van der Waals surface area contributed by atoms with Gasteiger partial charge in [-0.15, -0.1) is 11.3 Å². The predicted octanol–water partition coefficient (Wildman–Crippen LogP) is 0.638. The maximum absolute atomic E-state index is 11.9. The lowest BCUT2D eigenvalue weighted by atomic mass is 10.1. The molecule has 20 heavy (non-hydrogen) atoms. The van der Waals surface area contributed by atoms with Gasteiger partial charge in [-0.2, -0.15) is 0 Å². The minimum absolute atomic E-state index is 0.0662. The quantitative estimate of drug-likeness (QED) is 0.645. The SMILES string of the molecule is CCCC[NH2+]CC(=O)Nc1sc2c(c1C(N)=O)CCC2. The van der Waals surface area contributed by atoms with E-state index in [1.807, 2.05) is 5.32 Å². The average molecular weight is 296 g/mol. The van der Waals surface area contributed by atoms with Crippen LogP contribution in [0, 0.1) is 0 Å². The zero-order chi connectivity index (χ0) is 14.5. The van der Waals surface area contributed by atoms with Gasteiger partial charge in [0, 0.05) is 4.88 Å². The van der Waals surface area contributed by atoms with E-state index in [9.17, 15) is 9.59 Å². The number of fused-ring (bicyclic) bond motifs is 1. The van der Waals surface area contributed by atoms with Gasteiger partial charge in [0.15, 0.2) is 6.54 Å². The summed E-state index contributed by atoms with van der Waals surface area (Å²) in [7, 11) is 0. The molecule has 0 saturated heterocycles. The maximum Gasteiger partial charge on any atom is 0.280 e. The topological polar surface area (TPSA) is 88.8 Å². The van der Waals surface area contributed by atoms with Crippen LogP contribution in [0.4, 0.5) is 5.00 Å². The van der Waals surface area contributed by atoms with Crippen LogP contribution in [0.3, 0.4) is 0 Å². The smallest absolute Gasteiger partial charge is 0.280 e. The molecule has 0 unspecified atom stereocenters. The largest absolute Gasteiger partial charge is 0.365 e. The second-order valence-corrected chi connectivity index (χ2v) is 6.21. The van der Waals surface area contributed by atoms with E-state index in [-0.39, 0.29) is 5.91 Å². The number of amides is 2. The molecule has 2 rings (SSSR count). The van der Waals surface area contributed by atoms with Crippen LogP contribution in [0.15, 0.2) is 0 Å². The third-order valence-corrected chi connectivity index (χ3v) is 4.72. The van der Waals surface area contributed by atoms with E-state index < -0.39 is 5.91 Å². The van der Waals surface area contributed by atoms with Crippen molar-refractivity contribution in [2.75, 3.05) is 18.4 Å². The number of rotatable bonds is 7. The molecule has 110 valence electrons. The molecular weight excluding hydrogens is 274 g/mol. The van der Waals surface area contributed by atoms with Gasteiger partial charge >= 0.3 is 0 Å². The number of hydrogen-bond acceptors (Lipinski definition) is 3. The molecule has 0 atom stereocenters. The Bertz CT molecular complexity index is 511. The lowest BCUT2D eigenvalue weighted by Gasteiger charge is -2.05. The van der Waals surface area contributed by atoms with Crippen molar-refractivity contribution >= 4 is 28.2 Å². The second-order valence-electron chi connectivity index (χ2n) is 5.11. The molecule has 0 saturated carbocycles. The number of anilines is 1. The van der Waals surface area contributed by atoms with Crippen LogP contribution < -0.4 is 16.4 Å². The van der Waals surface area contributed by atoms with Crippen molar-refractivity contribution in [3.8, 4) is 0 Å². The first-order chi connectivity index (χ1) is 9.63. The van der Waals surface area contributed by atoms with E-state index in [1.54, 1.807) is 0 Å². The Balaban J connectivity index is 1.99. The minimum Gasteiger partial charge on any atom is -0.365 e. The van der Waals surface area contributed by atoms with E-state index in [1.165, 1.54) is 16.2 Å². The van der Waals surface area contributed by atoms with Crippen LogP contribution in [0.2, 0.25) is 0 Å². The third-order valence-electron chi connectivity index (χ3n) is 3.51. The maximum atomic E-state index is 11.9. The molecule has 0 spiro atoms. The molecule has 5 N–H and O–H groups in total. The number of aryl methyl sites for hydroxylation is 1. The van der Waals surface area contributed by atoms with Crippen molar-refractivity contribution in [2.45, 2.75) is 39.0 Å². The Hall–Kier alpha value is -1.40. The van der Waals surface area contributed by atoms with E-state index >= 15 is 0 Å². The minimum atomic E-state index is -0.435. The van der Waals surface area contributed by atoms with Gasteiger partial charge in [0.25, 0.3) is 11.8 Å². The number of carbonyl (C=O) groups excluding carboxylic acids is 2. The standard InChI is InChI=1S/C14H21N3O2S/c1-2-3-7-16-8-11(18)17-14-12(13(15)19)9-5-4-6-10(9)20-14/h16H,2-8H2,1H3,(H2,15,19)(H,17,18)/p+1. The monoisotopic (exact) mass is 296 g/mol. The highest BCUT2D eigenvalue weighted by Crippen LogP contribution is 2.38. The van der Waals surface area contributed by atoms with Gasteiger partial charge in [-0.1, -0.05) is 13.3 Å². The Morgan fingerprint density at radius 1 is 1.40 bits per heavy atom. The number of hydrogen-bond donors (Lipinski definition) is 3. The van der Waals surface area contributed by atoms with E-state index in [2.05, 4.69) is 12.2 Å². The average Bonchev–Trinajstić information content (AvgIpc) is 2.94. The highest BCUT2D eigenvalue weighted by molar-refractivity contribution is 7.17. The lowest BCUT2D eigenvalue weighted by molar-refractivity contribution is -0.643. The molecule has 1 aromatic rings. The summed E-state index contributed by atoms with van der Waals surface area (Å²) in [6.07, 6.45) is 5.18. The number of carbonyl (C=O) groups is 2. The number of nitrogens with two attached hydrogens (primary N) is 2. The molecule has 1 heterocycles. The van der Waals surface area contributed by atoms with Gasteiger partial charge in [-0.25, -0.2) is 0 Å². The predicted molar refractivity (Wildman–Crippen MR) is 80.1 cm³/mol. The molecule has 5 nitrogen and oxygen atoms in total. The normalized spacial score (nSPS) is 13.2. The van der Waals surface area contributed by atoms with Gasteiger partial charge < -0.3 is 16.4 Å². The first-order valence-electron chi connectivity index (χ1n) is 7.19. The summed E-state index contributed by atoms with van der Waals surface area (Å²) in [6, 6.07) is 0. The second kappa shape index (κ2) is 6.85. The van der Waals surface area contributed by atoms with Crippen LogP contribution >= 0.6 is 11.3 Å². The molecule has 1 aliphatic rings. The first-order valence-corrected chi connectivity index (χ1v) is 8.01. The highest BCUT2D eigenvalue weighted by Gasteiger charge is 2.26. The van der Waals surface area contributed by atoms with Crippen molar-refractivity contribution in [3.63, 3.8) is 0 Å². The molecule has 6 heteroatoms. The summed E-state index contributed by atoms with van der Waals surface area (Å²) in [5, 5.41) is 5.47. The fraction of sp³-hybridized carbons (Fsp3) is 0.571. The van der Waals surface area contributed by atoms with Crippen LogP contribution in [-0.2, 0) is 17.6 Å². The van der Waals surface area contributed by atoms with Crippen molar-refractivity contribution in [1.29, 1.82) is 0 Å². The van der Waals surface area contributed by atoms with E-state index in [0.717, 1.165) is 44.2 Å². The lowest BCUT2D eigenvalue weighted by Crippen LogP contribution is -2.86. The van der Waals surface area contributed by atoms with Gasteiger partial charge in [-0.05, 0) is 31.2 Å². The number of nitrogens with one attached hydrogen (secondary N) is 1. The molecule has 2 amide bonds. The molecule has 1 aliphatic carbocycles. The van der Waals surface area contributed by atoms with Crippen molar-refractivity contribution in [1.82, 2.24) is 0 Å². The number of primary amides is 1. The summed E-state index contributed by atoms with van der Waals surface area (Å²) in [4.78, 5) is 24.7. The molecule has 0 bridgehead atoms. The fourth-order valence-electron chi connectivity index (χ4n) is 2.51. The summed E-state index contributed by atoms with van der Waals surface area (Å²) in [5.74, 6) is -0.502. The Labute approximate surface area is 122 Å². The fourth-order valence-corrected chi connectivity index (χ4v) is 3.82. The van der Waals surface area contributed by atoms with Crippen molar-refractivity contribution < 1.29 is 14.9 Å². The van der Waals surface area contributed by atoms with Gasteiger partial charge in [0.2, 0.25) is 0 Å².